The minimum atomic E-state index is 0.392. The Labute approximate surface area is 96.8 Å². The van der Waals surface area contributed by atoms with E-state index in [0.717, 1.165) is 19.8 Å². The maximum Gasteiger partial charge on any atom is 0.0553 e. The van der Waals surface area contributed by atoms with Gasteiger partial charge in [-0.1, -0.05) is 0 Å². The van der Waals surface area contributed by atoms with Gasteiger partial charge in [0.15, 0.2) is 0 Å². The lowest BCUT2D eigenvalue weighted by Crippen LogP contribution is -2.56. The van der Waals surface area contributed by atoms with Gasteiger partial charge in [0.1, 0.15) is 0 Å². The van der Waals surface area contributed by atoms with Crippen LogP contribution in [-0.2, 0) is 4.74 Å². The molecule has 2 aliphatic rings. The minimum absolute atomic E-state index is 0.392. The Bertz CT molecular complexity index is 377. The number of nitrogens with zero attached hydrogens (tertiary/aromatic N) is 1. The van der Waals surface area contributed by atoms with Crippen LogP contribution in [-0.4, -0.2) is 24.3 Å². The third-order valence-electron chi connectivity index (χ3n) is 4.07. The second-order valence-corrected chi connectivity index (χ2v) is 5.46. The first-order chi connectivity index (χ1) is 7.71. The zero-order chi connectivity index (χ0) is 11.2. The van der Waals surface area contributed by atoms with Crippen LogP contribution in [0.4, 0.5) is 0 Å². The molecule has 88 valence electrons. The third-order valence-corrected chi connectivity index (χ3v) is 4.07. The number of hydrogen-bond acceptors (Lipinski definition) is 2. The normalized spacial score (nSPS) is 33.6. The maximum absolute atomic E-state index is 5.56. The molecule has 0 bridgehead atoms. The van der Waals surface area contributed by atoms with Gasteiger partial charge in [-0.3, -0.25) is 0 Å². The topological polar surface area (TPSA) is 26.2 Å². The number of rotatable bonds is 2. The molecule has 0 aromatic carbocycles. The lowest BCUT2D eigenvalue weighted by Gasteiger charge is -2.47. The molecule has 3 heteroatoms. The Morgan fingerprint density at radius 3 is 2.94 bits per heavy atom. The van der Waals surface area contributed by atoms with E-state index < -0.39 is 0 Å². The first kappa shape index (κ1) is 10.4. The summed E-state index contributed by atoms with van der Waals surface area (Å²) in [4.78, 5) is 0. The summed E-state index contributed by atoms with van der Waals surface area (Å²) in [7, 11) is 0. The van der Waals surface area contributed by atoms with Gasteiger partial charge in [0.05, 0.1) is 6.61 Å². The van der Waals surface area contributed by atoms with Gasteiger partial charge in [-0.25, -0.2) is 0 Å². The molecule has 1 spiro atoms. The van der Waals surface area contributed by atoms with Crippen molar-refractivity contribution in [1.82, 2.24) is 9.88 Å². The van der Waals surface area contributed by atoms with E-state index in [-0.39, 0.29) is 0 Å². The van der Waals surface area contributed by atoms with Crippen molar-refractivity contribution < 1.29 is 4.74 Å². The first-order valence-electron chi connectivity index (χ1n) is 6.20. The van der Waals surface area contributed by atoms with Gasteiger partial charge in [0, 0.05) is 43.0 Å². The van der Waals surface area contributed by atoms with Crippen molar-refractivity contribution in [3.8, 4) is 0 Å². The largest absolute Gasteiger partial charge is 0.381 e. The van der Waals surface area contributed by atoms with E-state index in [4.69, 9.17) is 4.74 Å². The SMILES string of the molecule is CC(C)n1ccc(C2NCC23CCOC3)c1. The van der Waals surface area contributed by atoms with E-state index in [9.17, 15) is 0 Å². The molecule has 2 aliphatic heterocycles. The van der Waals surface area contributed by atoms with Crippen LogP contribution in [0, 0.1) is 5.41 Å². The summed E-state index contributed by atoms with van der Waals surface area (Å²) in [5, 5.41) is 3.55. The van der Waals surface area contributed by atoms with Crippen molar-refractivity contribution in [3.63, 3.8) is 0 Å². The molecule has 3 rings (SSSR count). The molecular weight excluding hydrogens is 200 g/mol. The number of ether oxygens (including phenoxy) is 1. The van der Waals surface area contributed by atoms with Crippen molar-refractivity contribution in [3.05, 3.63) is 24.0 Å². The number of nitrogens with one attached hydrogen (secondary N) is 1. The molecule has 0 amide bonds. The van der Waals surface area contributed by atoms with E-state index in [1.807, 2.05) is 0 Å². The smallest absolute Gasteiger partial charge is 0.0553 e. The Morgan fingerprint density at radius 1 is 1.56 bits per heavy atom. The molecule has 3 nitrogen and oxygen atoms in total. The third kappa shape index (κ3) is 1.42. The molecule has 1 aromatic rings. The molecule has 2 atom stereocenters. The highest BCUT2D eigenvalue weighted by Gasteiger charge is 2.49. The molecular formula is C13H20N2O. The van der Waals surface area contributed by atoms with Crippen molar-refractivity contribution in [2.24, 2.45) is 5.41 Å². The number of hydrogen-bond donors (Lipinski definition) is 1. The van der Waals surface area contributed by atoms with Crippen LogP contribution in [0.3, 0.4) is 0 Å². The van der Waals surface area contributed by atoms with E-state index in [0.29, 0.717) is 17.5 Å². The van der Waals surface area contributed by atoms with Crippen LogP contribution < -0.4 is 5.32 Å². The monoisotopic (exact) mass is 220 g/mol. The standard InChI is InChI=1S/C13H20N2O/c1-10(2)15-5-3-11(7-15)12-13(8-14-12)4-6-16-9-13/h3,5,7,10,12,14H,4,6,8-9H2,1-2H3. The highest BCUT2D eigenvalue weighted by molar-refractivity contribution is 5.24. The molecule has 0 saturated carbocycles. The Hall–Kier alpha value is -0.800. The molecule has 1 aromatic heterocycles. The van der Waals surface area contributed by atoms with E-state index in [1.54, 1.807) is 0 Å². The number of aromatic nitrogens is 1. The van der Waals surface area contributed by atoms with Crippen molar-refractivity contribution >= 4 is 0 Å². The summed E-state index contributed by atoms with van der Waals surface area (Å²) in [6.45, 7) is 7.41. The highest BCUT2D eigenvalue weighted by Crippen LogP contribution is 2.47. The second-order valence-electron chi connectivity index (χ2n) is 5.46. The van der Waals surface area contributed by atoms with Gasteiger partial charge in [0.25, 0.3) is 0 Å². The summed E-state index contributed by atoms with van der Waals surface area (Å²) in [6, 6.07) is 3.30. The van der Waals surface area contributed by atoms with Gasteiger partial charge < -0.3 is 14.6 Å². The Balaban J connectivity index is 1.81. The summed E-state index contributed by atoms with van der Waals surface area (Å²) >= 11 is 0. The fourth-order valence-electron chi connectivity index (χ4n) is 2.88. The predicted octanol–water partition coefficient (Wildman–Crippen LogP) is 2.12. The molecule has 3 heterocycles. The summed E-state index contributed by atoms with van der Waals surface area (Å²) < 4.78 is 7.84. The zero-order valence-corrected chi connectivity index (χ0v) is 10.1. The predicted molar refractivity (Wildman–Crippen MR) is 63.4 cm³/mol. The van der Waals surface area contributed by atoms with E-state index >= 15 is 0 Å². The average molecular weight is 220 g/mol. The quantitative estimate of drug-likeness (QED) is 0.826. The van der Waals surface area contributed by atoms with Gasteiger partial charge in [-0.05, 0) is 31.9 Å². The second kappa shape index (κ2) is 3.60. The fraction of sp³-hybridized carbons (Fsp3) is 0.692. The molecule has 16 heavy (non-hydrogen) atoms. The van der Waals surface area contributed by atoms with Gasteiger partial charge >= 0.3 is 0 Å². The summed E-state index contributed by atoms with van der Waals surface area (Å²) in [5.74, 6) is 0. The van der Waals surface area contributed by atoms with Crippen molar-refractivity contribution in [1.29, 1.82) is 0 Å². The van der Waals surface area contributed by atoms with Crippen molar-refractivity contribution in [2.45, 2.75) is 32.4 Å². The Kier molecular flexibility index (Phi) is 2.33. The summed E-state index contributed by atoms with van der Waals surface area (Å²) in [5.41, 5.74) is 1.81. The van der Waals surface area contributed by atoms with Gasteiger partial charge in [0.2, 0.25) is 0 Å². The van der Waals surface area contributed by atoms with Gasteiger partial charge in [-0.15, -0.1) is 0 Å². The Morgan fingerprint density at radius 2 is 2.44 bits per heavy atom. The van der Waals surface area contributed by atoms with Crippen LogP contribution in [0.1, 0.15) is 37.9 Å². The lowest BCUT2D eigenvalue weighted by atomic mass is 9.71. The highest BCUT2D eigenvalue weighted by atomic mass is 16.5. The molecule has 2 fully saturated rings. The van der Waals surface area contributed by atoms with Crippen LogP contribution >= 0.6 is 0 Å². The van der Waals surface area contributed by atoms with E-state index in [2.05, 4.69) is 42.2 Å². The lowest BCUT2D eigenvalue weighted by molar-refractivity contribution is 0.0577. The van der Waals surface area contributed by atoms with E-state index in [1.165, 1.54) is 12.0 Å². The van der Waals surface area contributed by atoms with Gasteiger partial charge in [-0.2, -0.15) is 0 Å². The molecule has 2 saturated heterocycles. The average Bonchev–Trinajstić information content (AvgIpc) is 2.85. The molecule has 0 aliphatic carbocycles. The van der Waals surface area contributed by atoms with Crippen LogP contribution in [0.25, 0.3) is 0 Å². The maximum atomic E-state index is 5.56. The van der Waals surface area contributed by atoms with Crippen LogP contribution in [0.15, 0.2) is 18.5 Å². The molecule has 0 radical (unpaired) electrons. The fourth-order valence-corrected chi connectivity index (χ4v) is 2.88. The summed E-state index contributed by atoms with van der Waals surface area (Å²) in [6.07, 6.45) is 5.67. The van der Waals surface area contributed by atoms with Crippen LogP contribution in [0.5, 0.6) is 0 Å². The molecule has 1 N–H and O–H groups in total. The van der Waals surface area contributed by atoms with Crippen LogP contribution in [0.2, 0.25) is 0 Å². The first-order valence-corrected chi connectivity index (χ1v) is 6.20. The van der Waals surface area contributed by atoms with Crippen molar-refractivity contribution in [2.75, 3.05) is 19.8 Å². The molecule has 2 unspecified atom stereocenters. The zero-order valence-electron chi connectivity index (χ0n) is 10.1. The minimum Gasteiger partial charge on any atom is -0.381 e.